The first kappa shape index (κ1) is 28.8. The van der Waals surface area contributed by atoms with Gasteiger partial charge in [0, 0.05) is 19.0 Å². The molecule has 0 saturated carbocycles. The van der Waals surface area contributed by atoms with Gasteiger partial charge in [-0.05, 0) is 44.2 Å². The third-order valence-electron chi connectivity index (χ3n) is 6.43. The van der Waals surface area contributed by atoms with E-state index in [1.54, 1.807) is 30.9 Å². The number of aliphatic carboxylic acids is 1. The molecule has 2 atom stereocenters. The highest BCUT2D eigenvalue weighted by molar-refractivity contribution is 7.89. The average Bonchev–Trinajstić information content (AvgIpc) is 2.81. The maximum atomic E-state index is 13.2. The molecule has 0 radical (unpaired) electrons. The number of carboxylic acid groups (broad SMARTS) is 1. The molecular weight excluding hydrogens is 470 g/mol. The van der Waals surface area contributed by atoms with E-state index in [9.17, 15) is 27.9 Å². The van der Waals surface area contributed by atoms with E-state index in [1.807, 2.05) is 13.8 Å². The standard InChI is InChI=1S/C25H39N3O6S/c1-5-6-7-8-21(25(31)32)26-23(29)19-13-15-28(16-14-19)24(30)22(17(2)3)27-35(33,34)20-11-9-18(4)10-12-20/h9-12,17,19,21-22,27H,5-8,13-16H2,1-4H3,(H,26,29)(H,31,32)/t21-,22-/m0/s1. The van der Waals surface area contributed by atoms with Gasteiger partial charge in [0.25, 0.3) is 0 Å². The summed E-state index contributed by atoms with van der Waals surface area (Å²) >= 11 is 0. The van der Waals surface area contributed by atoms with E-state index in [0.717, 1.165) is 24.8 Å². The molecule has 35 heavy (non-hydrogen) atoms. The van der Waals surface area contributed by atoms with E-state index in [0.29, 0.717) is 32.4 Å². The van der Waals surface area contributed by atoms with Gasteiger partial charge in [0.15, 0.2) is 0 Å². The van der Waals surface area contributed by atoms with Crippen LogP contribution < -0.4 is 10.0 Å². The zero-order chi connectivity index (χ0) is 26.2. The highest BCUT2D eigenvalue weighted by Crippen LogP contribution is 2.21. The second-order valence-corrected chi connectivity index (χ2v) is 11.4. The number of piperidine rings is 1. The normalized spacial score (nSPS) is 16.7. The van der Waals surface area contributed by atoms with E-state index in [-0.39, 0.29) is 28.5 Å². The van der Waals surface area contributed by atoms with E-state index in [1.165, 1.54) is 12.1 Å². The SMILES string of the molecule is CCCCC[C@H](NC(=O)C1CCN(C(=O)[C@@H](NS(=O)(=O)c2ccc(C)cc2)C(C)C)CC1)C(=O)O. The molecule has 0 aliphatic carbocycles. The number of aryl methyl sites for hydroxylation is 1. The molecule has 1 fully saturated rings. The minimum Gasteiger partial charge on any atom is -0.480 e. The third kappa shape index (κ3) is 8.31. The van der Waals surface area contributed by atoms with Gasteiger partial charge in [0.1, 0.15) is 12.1 Å². The van der Waals surface area contributed by atoms with Crippen LogP contribution in [0.3, 0.4) is 0 Å². The van der Waals surface area contributed by atoms with Crippen LogP contribution in [0.1, 0.15) is 64.9 Å². The van der Waals surface area contributed by atoms with Gasteiger partial charge in [-0.1, -0.05) is 57.7 Å². The van der Waals surface area contributed by atoms with Gasteiger partial charge in [-0.15, -0.1) is 0 Å². The highest BCUT2D eigenvalue weighted by Gasteiger charge is 2.35. The fraction of sp³-hybridized carbons (Fsp3) is 0.640. The predicted octanol–water partition coefficient (Wildman–Crippen LogP) is 2.69. The average molecular weight is 510 g/mol. The number of carboxylic acids is 1. The molecule has 0 unspecified atom stereocenters. The summed E-state index contributed by atoms with van der Waals surface area (Å²) in [7, 11) is -3.88. The molecule has 0 bridgehead atoms. The van der Waals surface area contributed by atoms with Gasteiger partial charge in [-0.25, -0.2) is 13.2 Å². The summed E-state index contributed by atoms with van der Waals surface area (Å²) in [6, 6.07) is 4.59. The molecule has 1 aliphatic heterocycles. The number of carbonyl (C=O) groups is 3. The van der Waals surface area contributed by atoms with Gasteiger partial charge in [-0.3, -0.25) is 9.59 Å². The molecule has 1 aromatic rings. The Morgan fingerprint density at radius 3 is 2.20 bits per heavy atom. The molecule has 196 valence electrons. The van der Waals surface area contributed by atoms with Crippen molar-refractivity contribution in [3.8, 4) is 0 Å². The van der Waals surface area contributed by atoms with Crippen molar-refractivity contribution >= 4 is 27.8 Å². The Bertz CT molecular complexity index is 969. The van der Waals surface area contributed by atoms with Crippen LogP contribution >= 0.6 is 0 Å². The molecule has 10 heteroatoms. The summed E-state index contributed by atoms with van der Waals surface area (Å²) in [5.41, 5.74) is 0.933. The van der Waals surface area contributed by atoms with Gasteiger partial charge in [0.2, 0.25) is 21.8 Å². The zero-order valence-electron chi connectivity index (χ0n) is 21.1. The molecule has 0 aromatic heterocycles. The number of nitrogens with one attached hydrogen (secondary N) is 2. The minimum absolute atomic E-state index is 0.101. The molecule has 9 nitrogen and oxygen atoms in total. The Kier molecular flexibility index (Phi) is 10.7. The zero-order valence-corrected chi connectivity index (χ0v) is 21.9. The second kappa shape index (κ2) is 13.0. The summed E-state index contributed by atoms with van der Waals surface area (Å²) < 4.78 is 28.3. The Labute approximate surface area is 208 Å². The highest BCUT2D eigenvalue weighted by atomic mass is 32.2. The van der Waals surface area contributed by atoms with Crippen molar-refractivity contribution < 1.29 is 27.9 Å². The van der Waals surface area contributed by atoms with Crippen molar-refractivity contribution in [2.24, 2.45) is 11.8 Å². The number of hydrogen-bond donors (Lipinski definition) is 3. The quantitative estimate of drug-likeness (QED) is 0.371. The van der Waals surface area contributed by atoms with Crippen molar-refractivity contribution in [3.05, 3.63) is 29.8 Å². The first-order valence-corrected chi connectivity index (χ1v) is 13.9. The number of amides is 2. The Balaban J connectivity index is 1.97. The lowest BCUT2D eigenvalue weighted by Crippen LogP contribution is -2.54. The topological polar surface area (TPSA) is 133 Å². The van der Waals surface area contributed by atoms with Crippen molar-refractivity contribution in [2.45, 2.75) is 83.2 Å². The maximum absolute atomic E-state index is 13.2. The Morgan fingerprint density at radius 1 is 1.09 bits per heavy atom. The first-order chi connectivity index (χ1) is 16.5. The van der Waals surface area contributed by atoms with Crippen LogP contribution in [-0.4, -0.2) is 61.4 Å². The number of benzene rings is 1. The number of nitrogens with zero attached hydrogens (tertiary/aromatic N) is 1. The Morgan fingerprint density at radius 2 is 1.69 bits per heavy atom. The smallest absolute Gasteiger partial charge is 0.326 e. The number of hydrogen-bond acceptors (Lipinski definition) is 5. The van der Waals surface area contributed by atoms with Crippen LogP contribution in [0.15, 0.2) is 29.2 Å². The molecule has 1 heterocycles. The third-order valence-corrected chi connectivity index (χ3v) is 7.89. The maximum Gasteiger partial charge on any atom is 0.326 e. The van der Waals surface area contributed by atoms with E-state index < -0.39 is 28.1 Å². The fourth-order valence-corrected chi connectivity index (χ4v) is 5.47. The second-order valence-electron chi connectivity index (χ2n) is 9.65. The van der Waals surface area contributed by atoms with Crippen molar-refractivity contribution in [1.29, 1.82) is 0 Å². The number of sulfonamides is 1. The Hall–Kier alpha value is -2.46. The van der Waals surface area contributed by atoms with Gasteiger partial charge in [0.05, 0.1) is 4.90 Å². The molecular formula is C25H39N3O6S. The summed E-state index contributed by atoms with van der Waals surface area (Å²) in [5.74, 6) is -2.32. The summed E-state index contributed by atoms with van der Waals surface area (Å²) in [6.45, 7) is 8.07. The van der Waals surface area contributed by atoms with E-state index in [4.69, 9.17) is 0 Å². The largest absolute Gasteiger partial charge is 0.480 e. The van der Waals surface area contributed by atoms with E-state index in [2.05, 4.69) is 10.0 Å². The van der Waals surface area contributed by atoms with Crippen molar-refractivity contribution in [3.63, 3.8) is 0 Å². The van der Waals surface area contributed by atoms with Crippen LogP contribution in [-0.2, 0) is 24.4 Å². The number of rotatable bonds is 12. The monoisotopic (exact) mass is 509 g/mol. The molecule has 2 rings (SSSR count). The lowest BCUT2D eigenvalue weighted by atomic mass is 9.94. The van der Waals surface area contributed by atoms with Crippen LogP contribution in [0.2, 0.25) is 0 Å². The molecule has 3 N–H and O–H groups in total. The summed E-state index contributed by atoms with van der Waals surface area (Å²) in [5, 5.41) is 12.1. The summed E-state index contributed by atoms with van der Waals surface area (Å²) in [4.78, 5) is 39.1. The molecule has 2 amide bonds. The van der Waals surface area contributed by atoms with Gasteiger partial charge >= 0.3 is 5.97 Å². The number of likely N-dealkylation sites (tertiary alicyclic amines) is 1. The van der Waals surface area contributed by atoms with Crippen LogP contribution in [0.4, 0.5) is 0 Å². The number of unbranched alkanes of at least 4 members (excludes halogenated alkanes) is 2. The first-order valence-electron chi connectivity index (χ1n) is 12.4. The number of carbonyl (C=O) groups excluding carboxylic acids is 2. The van der Waals surface area contributed by atoms with Gasteiger partial charge < -0.3 is 15.3 Å². The lowest BCUT2D eigenvalue weighted by molar-refractivity contribution is -0.143. The van der Waals surface area contributed by atoms with Crippen LogP contribution in [0.5, 0.6) is 0 Å². The van der Waals surface area contributed by atoms with Crippen LogP contribution in [0, 0.1) is 18.8 Å². The fourth-order valence-electron chi connectivity index (χ4n) is 4.13. The molecule has 1 aliphatic rings. The van der Waals surface area contributed by atoms with Crippen molar-refractivity contribution in [2.75, 3.05) is 13.1 Å². The van der Waals surface area contributed by atoms with E-state index >= 15 is 0 Å². The van der Waals surface area contributed by atoms with Gasteiger partial charge in [-0.2, -0.15) is 4.72 Å². The summed E-state index contributed by atoms with van der Waals surface area (Å²) in [6.07, 6.45) is 3.79. The predicted molar refractivity (Wildman–Crippen MR) is 133 cm³/mol. The van der Waals surface area contributed by atoms with Crippen molar-refractivity contribution in [1.82, 2.24) is 14.9 Å². The molecule has 1 aromatic carbocycles. The lowest BCUT2D eigenvalue weighted by Gasteiger charge is -2.35. The molecule has 0 spiro atoms. The molecule has 1 saturated heterocycles. The minimum atomic E-state index is -3.88. The van der Waals surface area contributed by atoms with Crippen LogP contribution in [0.25, 0.3) is 0 Å².